The maximum atomic E-state index is 13.0. The fraction of sp³-hybridized carbons (Fsp3) is 0.350. The summed E-state index contributed by atoms with van der Waals surface area (Å²) in [5.74, 6) is -0.793. The molecule has 10 heteroatoms. The number of halogens is 2. The van der Waals surface area contributed by atoms with E-state index < -0.39 is 21.7 Å². The standard InChI is InChI=1S/C20H22ClFN2O5S/c1-13-10-24(11-14(2)29-13)30(26,27)17-6-4-16(5-7-17)23-20(25)12-28-19-8-3-15(22)9-18(19)21/h3-9,13-14H,10-12H2,1-2H3,(H,23,25). The summed E-state index contributed by atoms with van der Waals surface area (Å²) in [6.45, 7) is 3.90. The summed E-state index contributed by atoms with van der Waals surface area (Å²) in [5, 5.41) is 2.67. The Morgan fingerprint density at radius 2 is 1.83 bits per heavy atom. The predicted molar refractivity (Wildman–Crippen MR) is 111 cm³/mol. The molecule has 0 saturated carbocycles. The van der Waals surface area contributed by atoms with E-state index in [4.69, 9.17) is 21.1 Å². The Bertz CT molecular complexity index is 1010. The van der Waals surface area contributed by atoms with E-state index in [-0.39, 0.29) is 47.6 Å². The molecule has 0 spiro atoms. The monoisotopic (exact) mass is 456 g/mol. The molecule has 0 aliphatic carbocycles. The van der Waals surface area contributed by atoms with Gasteiger partial charge in [0.2, 0.25) is 10.0 Å². The number of nitrogens with one attached hydrogen (secondary N) is 1. The number of ether oxygens (including phenoxy) is 2. The molecule has 1 heterocycles. The molecule has 2 aromatic carbocycles. The van der Waals surface area contributed by atoms with Crippen LogP contribution >= 0.6 is 11.6 Å². The third-order valence-corrected chi connectivity index (χ3v) is 6.56. The van der Waals surface area contributed by atoms with Gasteiger partial charge in [-0.05, 0) is 56.3 Å². The minimum atomic E-state index is -3.66. The summed E-state index contributed by atoms with van der Waals surface area (Å²) in [6.07, 6.45) is -0.367. The van der Waals surface area contributed by atoms with Crippen LogP contribution in [-0.4, -0.2) is 50.5 Å². The van der Waals surface area contributed by atoms with Gasteiger partial charge in [0, 0.05) is 18.8 Å². The van der Waals surface area contributed by atoms with Crippen LogP contribution in [0.4, 0.5) is 10.1 Å². The maximum absolute atomic E-state index is 13.0. The predicted octanol–water partition coefficient (Wildman–Crippen LogP) is 3.29. The lowest BCUT2D eigenvalue weighted by molar-refractivity contribution is -0.118. The van der Waals surface area contributed by atoms with Crippen molar-refractivity contribution in [2.75, 3.05) is 25.0 Å². The van der Waals surface area contributed by atoms with Gasteiger partial charge in [0.25, 0.3) is 5.91 Å². The topological polar surface area (TPSA) is 84.9 Å². The number of sulfonamides is 1. The first-order valence-corrected chi connectivity index (χ1v) is 11.1. The van der Waals surface area contributed by atoms with Gasteiger partial charge in [-0.2, -0.15) is 4.31 Å². The van der Waals surface area contributed by atoms with E-state index in [1.807, 2.05) is 13.8 Å². The zero-order valence-corrected chi connectivity index (χ0v) is 18.0. The van der Waals surface area contributed by atoms with E-state index in [0.29, 0.717) is 5.69 Å². The molecule has 2 atom stereocenters. The Morgan fingerprint density at radius 3 is 2.43 bits per heavy atom. The van der Waals surface area contributed by atoms with Crippen molar-refractivity contribution in [2.24, 2.45) is 0 Å². The highest BCUT2D eigenvalue weighted by Crippen LogP contribution is 2.25. The number of rotatable bonds is 6. The van der Waals surface area contributed by atoms with E-state index in [1.165, 1.54) is 40.7 Å². The van der Waals surface area contributed by atoms with Crippen LogP contribution in [0.1, 0.15) is 13.8 Å². The second kappa shape index (κ2) is 9.30. The van der Waals surface area contributed by atoms with Crippen molar-refractivity contribution < 1.29 is 27.1 Å². The van der Waals surface area contributed by atoms with Crippen LogP contribution in [0.5, 0.6) is 5.75 Å². The maximum Gasteiger partial charge on any atom is 0.262 e. The van der Waals surface area contributed by atoms with Gasteiger partial charge >= 0.3 is 0 Å². The van der Waals surface area contributed by atoms with Gasteiger partial charge in [0.15, 0.2) is 6.61 Å². The van der Waals surface area contributed by atoms with E-state index in [0.717, 1.165) is 6.07 Å². The van der Waals surface area contributed by atoms with Crippen molar-refractivity contribution in [2.45, 2.75) is 31.0 Å². The van der Waals surface area contributed by atoms with Crippen molar-refractivity contribution in [1.82, 2.24) is 4.31 Å². The quantitative estimate of drug-likeness (QED) is 0.721. The van der Waals surface area contributed by atoms with Gasteiger partial charge in [0.1, 0.15) is 11.6 Å². The molecule has 30 heavy (non-hydrogen) atoms. The molecule has 3 rings (SSSR count). The molecule has 1 amide bonds. The summed E-state index contributed by atoms with van der Waals surface area (Å²) < 4.78 is 51.0. The Morgan fingerprint density at radius 1 is 1.20 bits per heavy atom. The van der Waals surface area contributed by atoms with Gasteiger partial charge in [-0.3, -0.25) is 4.79 Å². The molecule has 162 valence electrons. The van der Waals surface area contributed by atoms with E-state index in [2.05, 4.69) is 5.32 Å². The molecule has 7 nitrogen and oxygen atoms in total. The fourth-order valence-corrected chi connectivity index (χ4v) is 4.93. The molecule has 2 aromatic rings. The molecular weight excluding hydrogens is 435 g/mol. The second-order valence-electron chi connectivity index (χ2n) is 7.02. The van der Waals surface area contributed by atoms with Gasteiger partial charge in [-0.1, -0.05) is 11.6 Å². The fourth-order valence-electron chi connectivity index (χ4n) is 3.12. The van der Waals surface area contributed by atoms with E-state index >= 15 is 0 Å². The highest BCUT2D eigenvalue weighted by molar-refractivity contribution is 7.89. The third kappa shape index (κ3) is 5.48. The minimum absolute atomic E-state index is 0.0594. The minimum Gasteiger partial charge on any atom is -0.482 e. The SMILES string of the molecule is CC1CN(S(=O)(=O)c2ccc(NC(=O)COc3ccc(F)cc3Cl)cc2)CC(C)O1. The Labute approximate surface area is 179 Å². The number of amides is 1. The van der Waals surface area contributed by atoms with Crippen LogP contribution in [0.25, 0.3) is 0 Å². The number of hydrogen-bond acceptors (Lipinski definition) is 5. The Hall–Kier alpha value is -2.20. The Kier molecular flexibility index (Phi) is 6.97. The molecule has 0 bridgehead atoms. The molecule has 2 unspecified atom stereocenters. The normalized spacial score (nSPS) is 20.0. The summed E-state index contributed by atoms with van der Waals surface area (Å²) >= 11 is 5.85. The highest BCUT2D eigenvalue weighted by Gasteiger charge is 2.32. The van der Waals surface area contributed by atoms with Crippen LogP contribution in [0.2, 0.25) is 5.02 Å². The zero-order valence-electron chi connectivity index (χ0n) is 16.5. The first-order chi connectivity index (χ1) is 14.1. The smallest absolute Gasteiger partial charge is 0.262 e. The molecule has 0 radical (unpaired) electrons. The number of hydrogen-bond donors (Lipinski definition) is 1. The van der Waals surface area contributed by atoms with Crippen LogP contribution in [0, 0.1) is 5.82 Å². The second-order valence-corrected chi connectivity index (χ2v) is 9.36. The lowest BCUT2D eigenvalue weighted by atomic mass is 10.3. The van der Waals surface area contributed by atoms with Crippen LogP contribution in [0.15, 0.2) is 47.4 Å². The van der Waals surface area contributed by atoms with Crippen molar-refractivity contribution in [3.63, 3.8) is 0 Å². The van der Waals surface area contributed by atoms with Gasteiger partial charge in [-0.15, -0.1) is 0 Å². The molecule has 1 fully saturated rings. The van der Waals surface area contributed by atoms with Gasteiger partial charge in [-0.25, -0.2) is 12.8 Å². The molecule has 1 N–H and O–H groups in total. The summed E-state index contributed by atoms with van der Waals surface area (Å²) in [5.41, 5.74) is 0.413. The third-order valence-electron chi connectivity index (χ3n) is 4.41. The van der Waals surface area contributed by atoms with E-state index in [1.54, 1.807) is 0 Å². The van der Waals surface area contributed by atoms with Crippen LogP contribution in [-0.2, 0) is 19.6 Å². The van der Waals surface area contributed by atoms with Crippen molar-refractivity contribution in [3.8, 4) is 5.75 Å². The van der Waals surface area contributed by atoms with Crippen LogP contribution < -0.4 is 10.1 Å². The molecule has 1 aliphatic heterocycles. The number of carbonyl (C=O) groups excluding carboxylic acids is 1. The van der Waals surface area contributed by atoms with Gasteiger partial charge in [0.05, 0.1) is 22.1 Å². The number of morpholine rings is 1. The average molecular weight is 457 g/mol. The lowest BCUT2D eigenvalue weighted by Crippen LogP contribution is -2.48. The van der Waals surface area contributed by atoms with Crippen molar-refractivity contribution in [3.05, 3.63) is 53.3 Å². The molecule has 0 aromatic heterocycles. The lowest BCUT2D eigenvalue weighted by Gasteiger charge is -2.34. The number of benzene rings is 2. The number of anilines is 1. The first kappa shape index (κ1) is 22.5. The molecular formula is C20H22ClFN2O5S. The highest BCUT2D eigenvalue weighted by atomic mass is 35.5. The number of nitrogens with zero attached hydrogens (tertiary/aromatic N) is 1. The summed E-state index contributed by atoms with van der Waals surface area (Å²) in [6, 6.07) is 9.48. The number of carbonyl (C=O) groups is 1. The Balaban J connectivity index is 1.60. The largest absolute Gasteiger partial charge is 0.482 e. The molecule has 1 aliphatic rings. The summed E-state index contributed by atoms with van der Waals surface area (Å²) in [7, 11) is -3.66. The zero-order chi connectivity index (χ0) is 21.9. The summed E-state index contributed by atoms with van der Waals surface area (Å²) in [4.78, 5) is 12.2. The van der Waals surface area contributed by atoms with Gasteiger partial charge < -0.3 is 14.8 Å². The van der Waals surface area contributed by atoms with Crippen LogP contribution in [0.3, 0.4) is 0 Å². The average Bonchev–Trinajstić information content (AvgIpc) is 2.67. The molecule has 1 saturated heterocycles. The van der Waals surface area contributed by atoms with Crippen molar-refractivity contribution >= 4 is 33.2 Å². The van der Waals surface area contributed by atoms with Crippen molar-refractivity contribution in [1.29, 1.82) is 0 Å². The van der Waals surface area contributed by atoms with E-state index in [9.17, 15) is 17.6 Å². The first-order valence-electron chi connectivity index (χ1n) is 9.28.